The molecule has 0 radical (unpaired) electrons. The Bertz CT molecular complexity index is 645. The number of pyridine rings is 1. The lowest BCUT2D eigenvalue weighted by Crippen LogP contribution is -2.33. The number of benzene rings is 1. The number of esters is 1. The maximum Gasteiger partial charge on any atom is 0.304 e. The minimum atomic E-state index is -0.435. The molecule has 1 aliphatic heterocycles. The van der Waals surface area contributed by atoms with E-state index < -0.39 is 6.23 Å². The van der Waals surface area contributed by atoms with Crippen LogP contribution in [0.15, 0.2) is 48.7 Å². The van der Waals surface area contributed by atoms with Gasteiger partial charge in [-0.1, -0.05) is 30.3 Å². The van der Waals surface area contributed by atoms with Crippen molar-refractivity contribution in [3.63, 3.8) is 0 Å². The third kappa shape index (κ3) is 3.26. The Morgan fingerprint density at radius 1 is 1.27 bits per heavy atom. The van der Waals surface area contributed by atoms with E-state index >= 15 is 0 Å². The number of aromatic nitrogens is 1. The lowest BCUT2D eigenvalue weighted by atomic mass is 10.1. The number of rotatable bonds is 3. The molecule has 0 saturated heterocycles. The number of carbonyl (C=O) groups is 1. The smallest absolute Gasteiger partial charge is 0.304 e. The highest BCUT2D eigenvalue weighted by Crippen LogP contribution is 2.28. The second kappa shape index (κ2) is 6.58. The van der Waals surface area contributed by atoms with Crippen molar-refractivity contribution >= 4 is 5.97 Å². The molecule has 1 aromatic carbocycles. The SMILES string of the molecule is CC(=O)OC(c1ccccc1)N1CCOc2cccnc2C1. The number of hydrogen-bond donors (Lipinski definition) is 0. The molecule has 114 valence electrons. The van der Waals surface area contributed by atoms with Gasteiger partial charge in [0, 0.05) is 31.8 Å². The summed E-state index contributed by atoms with van der Waals surface area (Å²) in [4.78, 5) is 17.9. The molecule has 1 atom stereocenters. The van der Waals surface area contributed by atoms with Crippen LogP contribution in [0, 0.1) is 0 Å². The summed E-state index contributed by atoms with van der Waals surface area (Å²) < 4.78 is 11.3. The van der Waals surface area contributed by atoms with Crippen molar-refractivity contribution in [3.8, 4) is 5.75 Å². The van der Waals surface area contributed by atoms with E-state index in [-0.39, 0.29) is 5.97 Å². The predicted octanol–water partition coefficient (Wildman–Crippen LogP) is 2.54. The van der Waals surface area contributed by atoms with Crippen LogP contribution in [0.1, 0.15) is 24.4 Å². The van der Waals surface area contributed by atoms with Crippen LogP contribution in [0.25, 0.3) is 0 Å². The Labute approximate surface area is 129 Å². The molecule has 0 spiro atoms. The zero-order chi connectivity index (χ0) is 15.4. The lowest BCUT2D eigenvalue weighted by Gasteiger charge is -2.29. The summed E-state index contributed by atoms with van der Waals surface area (Å²) in [6.45, 7) is 3.19. The van der Waals surface area contributed by atoms with E-state index in [1.54, 1.807) is 6.20 Å². The maximum atomic E-state index is 11.5. The average molecular weight is 298 g/mol. The maximum absolute atomic E-state index is 11.5. The van der Waals surface area contributed by atoms with Gasteiger partial charge in [-0.25, -0.2) is 0 Å². The van der Waals surface area contributed by atoms with Gasteiger partial charge in [-0.2, -0.15) is 0 Å². The van der Waals surface area contributed by atoms with E-state index in [2.05, 4.69) is 9.88 Å². The quantitative estimate of drug-likeness (QED) is 0.815. The fraction of sp³-hybridized carbons (Fsp3) is 0.294. The summed E-state index contributed by atoms with van der Waals surface area (Å²) in [5.41, 5.74) is 1.80. The van der Waals surface area contributed by atoms with Crippen molar-refractivity contribution < 1.29 is 14.3 Å². The predicted molar refractivity (Wildman–Crippen MR) is 81.1 cm³/mol. The Kier molecular flexibility index (Phi) is 4.34. The van der Waals surface area contributed by atoms with Gasteiger partial charge in [-0.15, -0.1) is 0 Å². The highest BCUT2D eigenvalue weighted by Gasteiger charge is 2.26. The fourth-order valence-electron chi connectivity index (χ4n) is 2.55. The number of nitrogens with zero attached hydrogens (tertiary/aromatic N) is 2. The Balaban J connectivity index is 1.89. The highest BCUT2D eigenvalue weighted by molar-refractivity contribution is 5.66. The number of carbonyl (C=O) groups excluding carboxylic acids is 1. The summed E-state index contributed by atoms with van der Waals surface area (Å²) in [5, 5.41) is 0. The Morgan fingerprint density at radius 3 is 2.86 bits per heavy atom. The van der Waals surface area contributed by atoms with Crippen LogP contribution < -0.4 is 4.74 Å². The molecule has 0 saturated carbocycles. The average Bonchev–Trinajstić information content (AvgIpc) is 2.75. The third-order valence-electron chi connectivity index (χ3n) is 3.53. The van der Waals surface area contributed by atoms with Crippen LogP contribution in [-0.2, 0) is 16.1 Å². The van der Waals surface area contributed by atoms with Crippen molar-refractivity contribution in [1.29, 1.82) is 0 Å². The summed E-state index contributed by atoms with van der Waals surface area (Å²) in [6, 6.07) is 13.5. The molecule has 5 nitrogen and oxygen atoms in total. The monoisotopic (exact) mass is 298 g/mol. The van der Waals surface area contributed by atoms with E-state index in [0.717, 1.165) is 17.0 Å². The van der Waals surface area contributed by atoms with E-state index in [1.165, 1.54) is 6.92 Å². The van der Waals surface area contributed by atoms with Gasteiger partial charge in [0.15, 0.2) is 6.23 Å². The molecule has 1 aromatic heterocycles. The van der Waals surface area contributed by atoms with Crippen molar-refractivity contribution in [2.45, 2.75) is 19.7 Å². The van der Waals surface area contributed by atoms with Crippen LogP contribution >= 0.6 is 0 Å². The van der Waals surface area contributed by atoms with Gasteiger partial charge in [0.1, 0.15) is 12.4 Å². The highest BCUT2D eigenvalue weighted by atomic mass is 16.6. The van der Waals surface area contributed by atoms with Crippen LogP contribution in [0.5, 0.6) is 5.75 Å². The van der Waals surface area contributed by atoms with E-state index in [0.29, 0.717) is 19.7 Å². The van der Waals surface area contributed by atoms with E-state index in [9.17, 15) is 4.79 Å². The van der Waals surface area contributed by atoms with E-state index in [4.69, 9.17) is 9.47 Å². The first-order valence-electron chi connectivity index (χ1n) is 7.27. The third-order valence-corrected chi connectivity index (χ3v) is 3.53. The fourth-order valence-corrected chi connectivity index (χ4v) is 2.55. The van der Waals surface area contributed by atoms with Gasteiger partial charge in [0.25, 0.3) is 0 Å². The summed E-state index contributed by atoms with van der Waals surface area (Å²) in [6.07, 6.45) is 1.31. The zero-order valence-electron chi connectivity index (χ0n) is 12.4. The van der Waals surface area contributed by atoms with Crippen molar-refractivity contribution in [3.05, 3.63) is 59.9 Å². The molecule has 0 aliphatic carbocycles. The van der Waals surface area contributed by atoms with Gasteiger partial charge in [-0.05, 0) is 12.1 Å². The minimum Gasteiger partial charge on any atom is -0.490 e. The minimum absolute atomic E-state index is 0.305. The molecule has 3 rings (SSSR count). The molecule has 2 heterocycles. The van der Waals surface area contributed by atoms with Gasteiger partial charge in [0.2, 0.25) is 0 Å². The molecule has 5 heteroatoms. The van der Waals surface area contributed by atoms with Gasteiger partial charge in [0.05, 0.1) is 5.69 Å². The van der Waals surface area contributed by atoms with E-state index in [1.807, 2.05) is 42.5 Å². The van der Waals surface area contributed by atoms with Gasteiger partial charge >= 0.3 is 5.97 Å². The Morgan fingerprint density at radius 2 is 2.09 bits per heavy atom. The van der Waals surface area contributed by atoms with Crippen LogP contribution in [-0.4, -0.2) is 29.0 Å². The lowest BCUT2D eigenvalue weighted by molar-refractivity contribution is -0.158. The summed E-state index contributed by atoms with van der Waals surface area (Å²) >= 11 is 0. The second-order valence-corrected chi connectivity index (χ2v) is 5.14. The van der Waals surface area contributed by atoms with Gasteiger partial charge < -0.3 is 9.47 Å². The first-order chi connectivity index (χ1) is 10.7. The van der Waals surface area contributed by atoms with Crippen molar-refractivity contribution in [2.75, 3.05) is 13.2 Å². The van der Waals surface area contributed by atoms with Crippen LogP contribution in [0.2, 0.25) is 0 Å². The molecule has 22 heavy (non-hydrogen) atoms. The van der Waals surface area contributed by atoms with Crippen LogP contribution in [0.3, 0.4) is 0 Å². The molecule has 0 fully saturated rings. The number of ether oxygens (including phenoxy) is 2. The Hall–Kier alpha value is -2.40. The first kappa shape index (κ1) is 14.5. The molecule has 1 aliphatic rings. The molecule has 1 unspecified atom stereocenters. The molecule has 0 N–H and O–H groups in total. The molecule has 0 bridgehead atoms. The normalized spacial score (nSPS) is 16.0. The summed E-state index contributed by atoms with van der Waals surface area (Å²) in [5.74, 6) is 0.486. The number of hydrogen-bond acceptors (Lipinski definition) is 5. The second-order valence-electron chi connectivity index (χ2n) is 5.14. The van der Waals surface area contributed by atoms with Crippen molar-refractivity contribution in [2.24, 2.45) is 0 Å². The molecular formula is C17H18N2O3. The molecular weight excluding hydrogens is 280 g/mol. The standard InChI is InChI=1S/C17H18N2O3/c1-13(20)22-17(14-6-3-2-4-7-14)19-10-11-21-16-8-5-9-18-15(16)12-19/h2-9,17H,10-12H2,1H3. The largest absolute Gasteiger partial charge is 0.490 e. The van der Waals surface area contributed by atoms with Crippen molar-refractivity contribution in [1.82, 2.24) is 9.88 Å². The first-order valence-corrected chi connectivity index (χ1v) is 7.27. The number of fused-ring (bicyclic) bond motifs is 1. The van der Waals surface area contributed by atoms with Gasteiger partial charge in [-0.3, -0.25) is 14.7 Å². The topological polar surface area (TPSA) is 51.7 Å². The molecule has 2 aromatic rings. The zero-order valence-corrected chi connectivity index (χ0v) is 12.4. The van der Waals surface area contributed by atoms with Crippen LogP contribution in [0.4, 0.5) is 0 Å². The molecule has 0 amide bonds. The summed E-state index contributed by atoms with van der Waals surface area (Å²) in [7, 11) is 0.